The van der Waals surface area contributed by atoms with Gasteiger partial charge in [-0.3, -0.25) is 9.89 Å². The summed E-state index contributed by atoms with van der Waals surface area (Å²) in [6.07, 6.45) is 3.55. The van der Waals surface area contributed by atoms with Gasteiger partial charge in [0.05, 0.1) is 0 Å². The Kier molecular flexibility index (Phi) is 7.55. The molecule has 2 aromatic rings. The molecule has 1 saturated heterocycles. The Morgan fingerprint density at radius 3 is 2.59 bits per heavy atom. The molecule has 6 heteroatoms. The van der Waals surface area contributed by atoms with Gasteiger partial charge in [-0.15, -0.1) is 24.0 Å². The van der Waals surface area contributed by atoms with Crippen LogP contribution in [0.1, 0.15) is 36.3 Å². The molecule has 2 unspecified atom stereocenters. The van der Waals surface area contributed by atoms with Crippen LogP contribution in [0.3, 0.4) is 0 Å². The molecule has 1 aromatic heterocycles. The fourth-order valence-corrected chi connectivity index (χ4v) is 4.50. The topological polar surface area (TPSA) is 39.7 Å². The van der Waals surface area contributed by atoms with E-state index < -0.39 is 0 Å². The number of likely N-dealkylation sites (tertiary alicyclic amines) is 1. The molecule has 1 aliphatic carbocycles. The van der Waals surface area contributed by atoms with Crippen molar-refractivity contribution in [1.82, 2.24) is 15.5 Å². The lowest BCUT2D eigenvalue weighted by Crippen LogP contribution is -2.49. The minimum absolute atomic E-state index is 0. The van der Waals surface area contributed by atoms with Crippen LogP contribution in [0, 0.1) is 0 Å². The number of halogens is 1. The maximum atomic E-state index is 4.45. The fraction of sp³-hybridized carbons (Fsp3) is 0.476. The van der Waals surface area contributed by atoms with E-state index in [1.165, 1.54) is 30.4 Å². The molecule has 4 rings (SSSR count). The predicted molar refractivity (Wildman–Crippen MR) is 125 cm³/mol. The number of aliphatic imine (C=N–C) groups is 1. The molecule has 27 heavy (non-hydrogen) atoms. The molecule has 0 amide bonds. The number of piperidine rings is 1. The van der Waals surface area contributed by atoms with E-state index >= 15 is 0 Å². The van der Waals surface area contributed by atoms with Crippen LogP contribution in [-0.4, -0.2) is 43.1 Å². The van der Waals surface area contributed by atoms with Gasteiger partial charge in [-0.05, 0) is 47.2 Å². The standard InChI is InChI=1S/C21H28N4S.HI/c1-22-21(24-20-13-19(20)17-5-3-2-4-6-17)23-18-7-10-25(11-8-18)14-16-9-12-26-15-16;/h2-6,9,12,15,18-20H,7-8,10-11,13-14H2,1H3,(H2,22,23,24);1H. The van der Waals surface area contributed by atoms with E-state index in [2.05, 4.69) is 67.7 Å². The molecule has 0 bridgehead atoms. The number of nitrogens with zero attached hydrogens (tertiary/aromatic N) is 2. The van der Waals surface area contributed by atoms with Gasteiger partial charge in [-0.2, -0.15) is 11.3 Å². The molecule has 146 valence electrons. The third-order valence-corrected chi connectivity index (χ3v) is 6.21. The van der Waals surface area contributed by atoms with Crippen molar-refractivity contribution in [3.8, 4) is 0 Å². The Bertz CT molecular complexity index is 711. The van der Waals surface area contributed by atoms with Gasteiger partial charge in [0.15, 0.2) is 5.96 Å². The van der Waals surface area contributed by atoms with Crippen LogP contribution in [0.15, 0.2) is 52.2 Å². The fourth-order valence-electron chi connectivity index (χ4n) is 3.84. The van der Waals surface area contributed by atoms with Crippen LogP contribution in [0.25, 0.3) is 0 Å². The highest BCUT2D eigenvalue weighted by Crippen LogP contribution is 2.40. The molecule has 2 heterocycles. The summed E-state index contributed by atoms with van der Waals surface area (Å²) in [7, 11) is 1.88. The molecule has 4 nitrogen and oxygen atoms in total. The summed E-state index contributed by atoms with van der Waals surface area (Å²) in [4.78, 5) is 7.01. The van der Waals surface area contributed by atoms with Gasteiger partial charge in [0.25, 0.3) is 0 Å². The largest absolute Gasteiger partial charge is 0.354 e. The second-order valence-corrected chi connectivity index (χ2v) is 8.18. The third kappa shape index (κ3) is 5.68. The Hall–Kier alpha value is -1.12. The minimum Gasteiger partial charge on any atom is -0.354 e. The Morgan fingerprint density at radius 2 is 1.93 bits per heavy atom. The first-order valence-electron chi connectivity index (χ1n) is 9.60. The first-order valence-corrected chi connectivity index (χ1v) is 10.5. The number of hydrogen-bond donors (Lipinski definition) is 2. The molecule has 1 aliphatic heterocycles. The number of guanidine groups is 1. The smallest absolute Gasteiger partial charge is 0.191 e. The van der Waals surface area contributed by atoms with Crippen LogP contribution in [-0.2, 0) is 6.54 Å². The van der Waals surface area contributed by atoms with Crippen molar-refractivity contribution < 1.29 is 0 Å². The molecule has 0 spiro atoms. The van der Waals surface area contributed by atoms with Gasteiger partial charge < -0.3 is 10.6 Å². The zero-order valence-corrected chi connectivity index (χ0v) is 19.0. The lowest BCUT2D eigenvalue weighted by Gasteiger charge is -2.33. The summed E-state index contributed by atoms with van der Waals surface area (Å²) in [5.41, 5.74) is 2.88. The third-order valence-electron chi connectivity index (χ3n) is 5.48. The SMILES string of the molecule is CN=C(NC1CCN(Cc2ccsc2)CC1)NC1CC1c1ccccc1.I. The zero-order valence-electron chi connectivity index (χ0n) is 15.8. The van der Waals surface area contributed by atoms with Crippen LogP contribution in [0.5, 0.6) is 0 Å². The highest BCUT2D eigenvalue weighted by molar-refractivity contribution is 14.0. The van der Waals surface area contributed by atoms with E-state index in [1.54, 1.807) is 11.3 Å². The number of nitrogens with one attached hydrogen (secondary N) is 2. The minimum atomic E-state index is 0. The summed E-state index contributed by atoms with van der Waals surface area (Å²) in [6.45, 7) is 3.39. The van der Waals surface area contributed by atoms with Crippen molar-refractivity contribution in [2.45, 2.75) is 43.8 Å². The van der Waals surface area contributed by atoms with Gasteiger partial charge in [0.1, 0.15) is 0 Å². The van der Waals surface area contributed by atoms with Crippen molar-refractivity contribution >= 4 is 41.3 Å². The van der Waals surface area contributed by atoms with Gasteiger partial charge in [0.2, 0.25) is 0 Å². The van der Waals surface area contributed by atoms with Crippen molar-refractivity contribution in [1.29, 1.82) is 0 Å². The Balaban J connectivity index is 0.00000210. The van der Waals surface area contributed by atoms with Crippen molar-refractivity contribution in [2.75, 3.05) is 20.1 Å². The monoisotopic (exact) mass is 496 g/mol. The summed E-state index contributed by atoms with van der Waals surface area (Å²) in [5, 5.41) is 11.7. The van der Waals surface area contributed by atoms with Crippen molar-refractivity contribution in [3.05, 3.63) is 58.3 Å². The second-order valence-electron chi connectivity index (χ2n) is 7.40. The number of benzene rings is 1. The molecule has 1 saturated carbocycles. The Morgan fingerprint density at radius 1 is 1.15 bits per heavy atom. The van der Waals surface area contributed by atoms with Crippen LogP contribution in [0.2, 0.25) is 0 Å². The molecule has 2 N–H and O–H groups in total. The molecule has 1 aromatic carbocycles. The summed E-state index contributed by atoms with van der Waals surface area (Å²) < 4.78 is 0. The highest BCUT2D eigenvalue weighted by Gasteiger charge is 2.39. The predicted octanol–water partition coefficient (Wildman–Crippen LogP) is 4.05. The molecular weight excluding hydrogens is 467 g/mol. The van der Waals surface area contributed by atoms with Crippen LogP contribution < -0.4 is 10.6 Å². The zero-order chi connectivity index (χ0) is 17.8. The summed E-state index contributed by atoms with van der Waals surface area (Å²) >= 11 is 1.79. The number of hydrogen-bond acceptors (Lipinski definition) is 3. The van der Waals surface area contributed by atoms with E-state index in [0.29, 0.717) is 18.0 Å². The second kappa shape index (κ2) is 9.89. The molecule has 2 fully saturated rings. The lowest BCUT2D eigenvalue weighted by molar-refractivity contribution is 0.198. The van der Waals surface area contributed by atoms with Gasteiger partial charge in [-0.25, -0.2) is 0 Å². The highest BCUT2D eigenvalue weighted by atomic mass is 127. The normalized spacial score (nSPS) is 23.5. The molecular formula is C21H29IN4S. The summed E-state index contributed by atoms with van der Waals surface area (Å²) in [5.74, 6) is 1.59. The quantitative estimate of drug-likeness (QED) is 0.373. The average molecular weight is 496 g/mol. The maximum Gasteiger partial charge on any atom is 0.191 e. The molecule has 2 aliphatic rings. The maximum absolute atomic E-state index is 4.45. The average Bonchev–Trinajstić information content (AvgIpc) is 3.26. The van der Waals surface area contributed by atoms with Gasteiger partial charge in [-0.1, -0.05) is 30.3 Å². The van der Waals surface area contributed by atoms with E-state index in [9.17, 15) is 0 Å². The number of thiophene rings is 1. The summed E-state index contributed by atoms with van der Waals surface area (Å²) in [6, 6.07) is 14.1. The first kappa shape index (κ1) is 20.6. The van der Waals surface area contributed by atoms with E-state index in [4.69, 9.17) is 0 Å². The number of rotatable bonds is 5. The van der Waals surface area contributed by atoms with E-state index in [1.807, 2.05) is 7.05 Å². The van der Waals surface area contributed by atoms with E-state index in [-0.39, 0.29) is 24.0 Å². The lowest BCUT2D eigenvalue weighted by atomic mass is 10.0. The van der Waals surface area contributed by atoms with E-state index in [0.717, 1.165) is 25.6 Å². The van der Waals surface area contributed by atoms with Crippen LogP contribution >= 0.6 is 35.3 Å². The Labute approximate surface area is 183 Å². The molecule has 2 atom stereocenters. The van der Waals surface area contributed by atoms with Crippen molar-refractivity contribution in [2.24, 2.45) is 4.99 Å². The van der Waals surface area contributed by atoms with Crippen molar-refractivity contribution in [3.63, 3.8) is 0 Å². The van der Waals surface area contributed by atoms with Crippen LogP contribution in [0.4, 0.5) is 0 Å². The first-order chi connectivity index (χ1) is 12.8. The molecule has 0 radical (unpaired) electrons. The van der Waals surface area contributed by atoms with Gasteiger partial charge in [0, 0.05) is 44.7 Å². The van der Waals surface area contributed by atoms with Gasteiger partial charge >= 0.3 is 0 Å².